The van der Waals surface area contributed by atoms with Crippen LogP contribution in [-0.4, -0.2) is 6.72 Å². The molecule has 0 aliphatic carbocycles. The van der Waals surface area contributed by atoms with Crippen LogP contribution in [0.4, 0.5) is 0 Å². The average molecular weight is 169 g/mol. The fourth-order valence-electron chi connectivity index (χ4n) is 1.02. The van der Waals surface area contributed by atoms with Crippen molar-refractivity contribution in [3.05, 3.63) is 42.0 Å². The second-order valence-corrected chi connectivity index (χ2v) is 2.70. The van der Waals surface area contributed by atoms with Crippen molar-refractivity contribution in [2.24, 2.45) is 4.99 Å². The molecule has 0 atom stereocenters. The van der Waals surface area contributed by atoms with Crippen molar-refractivity contribution in [1.29, 1.82) is 0 Å². The maximum absolute atomic E-state index is 5.22. The molecule has 0 radical (unpaired) electrons. The lowest BCUT2D eigenvalue weighted by Crippen LogP contribution is -1.83. The number of hydrogen-bond acceptors (Lipinski definition) is 1. The molecule has 1 aromatic carbocycles. The number of benzene rings is 1. The van der Waals surface area contributed by atoms with E-state index < -0.39 is 0 Å². The van der Waals surface area contributed by atoms with E-state index in [1.165, 1.54) is 0 Å². The molecule has 0 saturated carbocycles. The first kappa shape index (κ1) is 9.28. The molecule has 1 heteroatoms. The zero-order valence-electron chi connectivity index (χ0n) is 7.46. The number of aliphatic imine (C=N–C) groups is 1. The summed E-state index contributed by atoms with van der Waals surface area (Å²) in [5, 5.41) is 0. The Labute approximate surface area is 78.8 Å². The van der Waals surface area contributed by atoms with Crippen LogP contribution in [0.3, 0.4) is 0 Å². The Hall–Kier alpha value is -1.81. The van der Waals surface area contributed by atoms with Crippen LogP contribution in [0.25, 0.3) is 5.57 Å². The van der Waals surface area contributed by atoms with E-state index in [9.17, 15) is 0 Å². The summed E-state index contributed by atoms with van der Waals surface area (Å²) in [6.45, 7) is 7.82. The van der Waals surface area contributed by atoms with Gasteiger partial charge in [0.2, 0.25) is 0 Å². The molecule has 1 rings (SSSR count). The number of hydrogen-bond donors (Lipinski definition) is 0. The van der Waals surface area contributed by atoms with Gasteiger partial charge in [-0.1, -0.05) is 36.8 Å². The van der Waals surface area contributed by atoms with Gasteiger partial charge in [-0.3, -0.25) is 4.99 Å². The summed E-state index contributed by atoms with van der Waals surface area (Å²) < 4.78 is 0. The Kier molecular flexibility index (Phi) is 3.05. The molecule has 0 amide bonds. The topological polar surface area (TPSA) is 12.4 Å². The molecule has 13 heavy (non-hydrogen) atoms. The van der Waals surface area contributed by atoms with Crippen LogP contribution in [0.5, 0.6) is 0 Å². The summed E-state index contributed by atoms with van der Waals surface area (Å²) in [7, 11) is 0. The molecule has 1 nitrogen and oxygen atoms in total. The van der Waals surface area contributed by atoms with Crippen LogP contribution in [0.1, 0.15) is 11.1 Å². The molecule has 0 aliphatic rings. The van der Waals surface area contributed by atoms with Crippen LogP contribution in [0.15, 0.2) is 35.8 Å². The van der Waals surface area contributed by atoms with Crippen LogP contribution in [0.2, 0.25) is 0 Å². The zero-order valence-corrected chi connectivity index (χ0v) is 7.46. The van der Waals surface area contributed by atoms with Crippen molar-refractivity contribution in [1.82, 2.24) is 0 Å². The summed E-state index contributed by atoms with van der Waals surface area (Å²) in [5.74, 6) is 2.50. The predicted molar refractivity (Wildman–Crippen MR) is 57.6 cm³/mol. The van der Waals surface area contributed by atoms with Gasteiger partial charge in [0.1, 0.15) is 0 Å². The van der Waals surface area contributed by atoms with Gasteiger partial charge >= 0.3 is 0 Å². The Morgan fingerprint density at radius 1 is 1.38 bits per heavy atom. The van der Waals surface area contributed by atoms with Gasteiger partial charge in [-0.15, -0.1) is 6.42 Å². The third-order valence-electron chi connectivity index (χ3n) is 1.77. The monoisotopic (exact) mass is 169 g/mol. The van der Waals surface area contributed by atoms with Crippen molar-refractivity contribution >= 4 is 12.3 Å². The summed E-state index contributed by atoms with van der Waals surface area (Å²) >= 11 is 0. The Morgan fingerprint density at radius 3 is 2.46 bits per heavy atom. The van der Waals surface area contributed by atoms with Crippen molar-refractivity contribution in [3.8, 4) is 12.3 Å². The number of terminal acetylenes is 1. The molecule has 0 aliphatic heterocycles. The minimum Gasteiger partial charge on any atom is -0.296 e. The number of allylic oxidation sites excluding steroid dienone is 1. The second-order valence-electron chi connectivity index (χ2n) is 2.70. The predicted octanol–water partition coefficient (Wildman–Crippen LogP) is 2.53. The van der Waals surface area contributed by atoms with Crippen molar-refractivity contribution in [3.63, 3.8) is 0 Å². The maximum Gasteiger partial charge on any atom is 0.0632 e. The van der Waals surface area contributed by atoms with Crippen molar-refractivity contribution in [2.75, 3.05) is 0 Å². The third-order valence-corrected chi connectivity index (χ3v) is 1.77. The van der Waals surface area contributed by atoms with Crippen LogP contribution in [-0.2, 0) is 6.54 Å². The normalized spacial score (nSPS) is 8.85. The largest absolute Gasteiger partial charge is 0.296 e. The SMILES string of the molecule is C#CC(=C)c1ccc(CN=C)cc1. The highest BCUT2D eigenvalue weighted by atomic mass is 14.7. The molecular formula is C12H11N. The van der Waals surface area contributed by atoms with Gasteiger partial charge in [-0.2, -0.15) is 0 Å². The third kappa shape index (κ3) is 2.31. The molecule has 0 bridgehead atoms. The fraction of sp³-hybridized carbons (Fsp3) is 0.0833. The average Bonchev–Trinajstić information content (AvgIpc) is 2.18. The highest BCUT2D eigenvalue weighted by Gasteiger charge is 1.94. The van der Waals surface area contributed by atoms with E-state index in [2.05, 4.69) is 24.2 Å². The first-order valence-electron chi connectivity index (χ1n) is 3.95. The standard InChI is InChI=1S/C12H11N/c1-4-10(2)12-7-5-11(6-8-12)9-13-3/h1,5-8H,2-3,9H2. The fourth-order valence-corrected chi connectivity index (χ4v) is 1.02. The van der Waals surface area contributed by atoms with Gasteiger partial charge in [0.05, 0.1) is 6.54 Å². The van der Waals surface area contributed by atoms with E-state index >= 15 is 0 Å². The van der Waals surface area contributed by atoms with Gasteiger partial charge in [0, 0.05) is 5.57 Å². The Morgan fingerprint density at radius 2 is 2.00 bits per heavy atom. The minimum atomic E-state index is 0.642. The van der Waals surface area contributed by atoms with Gasteiger partial charge in [0.25, 0.3) is 0 Å². The molecular weight excluding hydrogens is 158 g/mol. The molecule has 0 heterocycles. The van der Waals surface area contributed by atoms with Gasteiger partial charge in [0.15, 0.2) is 0 Å². The van der Waals surface area contributed by atoms with E-state index in [1.807, 2.05) is 24.3 Å². The molecule has 0 aromatic heterocycles. The lowest BCUT2D eigenvalue weighted by Gasteiger charge is -1.99. The van der Waals surface area contributed by atoms with E-state index in [1.54, 1.807) is 0 Å². The molecule has 0 saturated heterocycles. The first-order chi connectivity index (χ1) is 6.27. The first-order valence-corrected chi connectivity index (χ1v) is 3.95. The molecule has 0 spiro atoms. The minimum absolute atomic E-state index is 0.642. The van der Waals surface area contributed by atoms with Gasteiger partial charge < -0.3 is 0 Å². The molecule has 0 fully saturated rings. The van der Waals surface area contributed by atoms with E-state index in [4.69, 9.17) is 6.42 Å². The maximum atomic E-state index is 5.22. The summed E-state index contributed by atoms with van der Waals surface area (Å²) in [6.07, 6.45) is 5.22. The summed E-state index contributed by atoms with van der Waals surface area (Å²) in [6, 6.07) is 7.85. The zero-order chi connectivity index (χ0) is 9.68. The summed E-state index contributed by atoms with van der Waals surface area (Å²) in [4.78, 5) is 3.79. The van der Waals surface area contributed by atoms with Crippen molar-refractivity contribution < 1.29 is 0 Å². The van der Waals surface area contributed by atoms with E-state index in [-0.39, 0.29) is 0 Å². The molecule has 64 valence electrons. The molecule has 0 N–H and O–H groups in total. The number of rotatable bonds is 3. The molecule has 1 aromatic rings. The lowest BCUT2D eigenvalue weighted by atomic mass is 10.1. The van der Waals surface area contributed by atoms with Gasteiger partial charge in [-0.25, -0.2) is 0 Å². The Bertz CT molecular complexity index is 352. The van der Waals surface area contributed by atoms with E-state index in [0.29, 0.717) is 12.1 Å². The van der Waals surface area contributed by atoms with Crippen LogP contribution < -0.4 is 0 Å². The lowest BCUT2D eigenvalue weighted by molar-refractivity contribution is 1.08. The van der Waals surface area contributed by atoms with E-state index in [0.717, 1.165) is 11.1 Å². The van der Waals surface area contributed by atoms with Crippen LogP contribution >= 0.6 is 0 Å². The van der Waals surface area contributed by atoms with Gasteiger partial charge in [-0.05, 0) is 17.8 Å². The summed E-state index contributed by atoms with van der Waals surface area (Å²) in [5.41, 5.74) is 2.82. The quantitative estimate of drug-likeness (QED) is 0.487. The second kappa shape index (κ2) is 4.27. The number of nitrogens with zero attached hydrogens (tertiary/aromatic N) is 1. The van der Waals surface area contributed by atoms with Crippen LogP contribution in [0, 0.1) is 12.3 Å². The van der Waals surface area contributed by atoms with Crippen molar-refractivity contribution in [2.45, 2.75) is 6.54 Å². The molecule has 0 unspecified atom stereocenters. The highest BCUT2D eigenvalue weighted by molar-refractivity contribution is 5.76. The Balaban J connectivity index is 2.88. The smallest absolute Gasteiger partial charge is 0.0632 e. The highest BCUT2D eigenvalue weighted by Crippen LogP contribution is 2.12.